The summed E-state index contributed by atoms with van der Waals surface area (Å²) in [5.74, 6) is -1.75. The topological polar surface area (TPSA) is 134 Å². The number of aliphatic imine (C=N–C) groups is 1. The van der Waals surface area contributed by atoms with E-state index in [9.17, 15) is 19.8 Å². The molecule has 0 saturated heterocycles. The highest BCUT2D eigenvalue weighted by Crippen LogP contribution is 2.27. The minimum atomic E-state index is -0.884. The lowest BCUT2D eigenvalue weighted by Gasteiger charge is -2.18. The normalized spacial score (nSPS) is 20.3. The summed E-state index contributed by atoms with van der Waals surface area (Å²) in [4.78, 5) is 37.5. The highest BCUT2D eigenvalue weighted by atomic mass is 16.4. The Labute approximate surface area is 194 Å². The Morgan fingerprint density at radius 1 is 0.853 bits per heavy atom. The molecule has 1 atom stereocenters. The van der Waals surface area contributed by atoms with Crippen molar-refractivity contribution in [2.45, 2.75) is 31.2 Å². The van der Waals surface area contributed by atoms with E-state index in [1.54, 1.807) is 0 Å². The summed E-state index contributed by atoms with van der Waals surface area (Å²) in [7, 11) is 0. The van der Waals surface area contributed by atoms with E-state index in [1.165, 1.54) is 0 Å². The monoisotopic (exact) mass is 456 g/mol. The Balaban J connectivity index is 1.72. The molecule has 8 bridgehead atoms. The third-order valence-electron chi connectivity index (χ3n) is 5.96. The standard InChI is InChI=1S/C26H24N4O4/c31-24(32)6-1-16-11-22-15-26(10-8-25(33)34)9-7-21(30-26)13-19-3-2-17(27-19)12-18-4-5-20(28-18)14-23(16)29-22/h2-5,7,9,11-15,27-29H,1,6,8,10H2,(H,31,32)(H,33,34)/b17-12?,19-13?,22-15+,23-14-. The fraction of sp³-hybridized carbons (Fsp3) is 0.192. The van der Waals surface area contributed by atoms with Crippen molar-refractivity contribution in [1.82, 2.24) is 15.0 Å². The van der Waals surface area contributed by atoms with Gasteiger partial charge < -0.3 is 25.2 Å². The van der Waals surface area contributed by atoms with Crippen LogP contribution in [0.25, 0.3) is 24.3 Å². The number of hydrogen-bond donors (Lipinski definition) is 5. The van der Waals surface area contributed by atoms with Crippen LogP contribution in [0.5, 0.6) is 0 Å². The Bertz CT molecular complexity index is 1580. The molecule has 8 heteroatoms. The van der Waals surface area contributed by atoms with Crippen LogP contribution in [-0.2, 0) is 16.0 Å². The number of allylic oxidation sites excluding steroid dienone is 1. The van der Waals surface area contributed by atoms with Crippen LogP contribution in [-0.4, -0.2) is 48.4 Å². The minimum absolute atomic E-state index is 0.0120. The van der Waals surface area contributed by atoms with E-state index in [0.29, 0.717) is 12.8 Å². The molecular formula is C26H24N4O4. The van der Waals surface area contributed by atoms with Crippen molar-refractivity contribution < 1.29 is 19.8 Å². The SMILES string of the molecule is O=C(O)CCc1c/c2[nH]/c1=C\c1ccc([nH]1)C=c1ccc([nH]1)=CC1=NC(CCC(=O)O)(C=C1)/C=2. The van der Waals surface area contributed by atoms with E-state index in [4.69, 9.17) is 4.99 Å². The summed E-state index contributed by atoms with van der Waals surface area (Å²) < 4.78 is 0. The number of nitrogens with zero attached hydrogens (tertiary/aromatic N) is 1. The molecular weight excluding hydrogens is 432 g/mol. The lowest BCUT2D eigenvalue weighted by Crippen LogP contribution is -2.25. The van der Waals surface area contributed by atoms with Crippen LogP contribution in [0.1, 0.15) is 36.2 Å². The molecule has 0 amide bonds. The van der Waals surface area contributed by atoms with Gasteiger partial charge in [-0.1, -0.05) is 6.08 Å². The van der Waals surface area contributed by atoms with Crippen molar-refractivity contribution in [3.8, 4) is 0 Å². The number of H-pyrrole nitrogens is 3. The minimum Gasteiger partial charge on any atom is -0.481 e. The third-order valence-corrected chi connectivity index (χ3v) is 5.96. The zero-order chi connectivity index (χ0) is 23.7. The summed E-state index contributed by atoms with van der Waals surface area (Å²) in [6.07, 6.45) is 12.3. The molecule has 0 spiro atoms. The number of nitrogens with one attached hydrogen (secondary N) is 3. The zero-order valence-electron chi connectivity index (χ0n) is 18.3. The molecule has 0 aliphatic carbocycles. The van der Waals surface area contributed by atoms with Crippen molar-refractivity contribution in [2.75, 3.05) is 0 Å². The van der Waals surface area contributed by atoms with Crippen molar-refractivity contribution in [3.05, 3.63) is 80.8 Å². The molecule has 0 saturated carbocycles. The summed E-state index contributed by atoms with van der Waals surface area (Å²) >= 11 is 0. The number of carboxylic acids is 2. The highest BCUT2D eigenvalue weighted by molar-refractivity contribution is 6.19. The van der Waals surface area contributed by atoms with E-state index < -0.39 is 17.5 Å². The first-order valence-corrected chi connectivity index (χ1v) is 11.1. The zero-order valence-corrected chi connectivity index (χ0v) is 18.3. The van der Waals surface area contributed by atoms with Gasteiger partial charge in [0.2, 0.25) is 0 Å². The number of carbonyl (C=O) groups is 2. The van der Waals surface area contributed by atoms with Gasteiger partial charge in [-0.05, 0) is 79.1 Å². The molecule has 0 radical (unpaired) electrons. The second kappa shape index (κ2) is 8.55. The van der Waals surface area contributed by atoms with Gasteiger partial charge in [0.1, 0.15) is 5.54 Å². The Morgan fingerprint density at radius 2 is 1.59 bits per heavy atom. The molecule has 2 aliphatic heterocycles. The Morgan fingerprint density at radius 3 is 2.35 bits per heavy atom. The fourth-order valence-electron chi connectivity index (χ4n) is 4.36. The van der Waals surface area contributed by atoms with Gasteiger partial charge in [-0.25, -0.2) is 0 Å². The number of hydrogen-bond acceptors (Lipinski definition) is 3. The van der Waals surface area contributed by atoms with Crippen LogP contribution in [0, 0.1) is 0 Å². The number of aliphatic carboxylic acids is 2. The third kappa shape index (κ3) is 4.71. The van der Waals surface area contributed by atoms with E-state index in [2.05, 4.69) is 15.0 Å². The maximum absolute atomic E-state index is 11.3. The maximum Gasteiger partial charge on any atom is 0.303 e. The molecule has 5 heterocycles. The summed E-state index contributed by atoms with van der Waals surface area (Å²) in [6.45, 7) is 0. The molecule has 34 heavy (non-hydrogen) atoms. The lowest BCUT2D eigenvalue weighted by molar-refractivity contribution is -0.138. The molecule has 5 N–H and O–H groups in total. The molecule has 3 aromatic heterocycles. The van der Waals surface area contributed by atoms with Gasteiger partial charge in [0.15, 0.2) is 0 Å². The van der Waals surface area contributed by atoms with Gasteiger partial charge in [-0.15, -0.1) is 0 Å². The van der Waals surface area contributed by atoms with Crippen LogP contribution < -0.4 is 21.4 Å². The molecule has 0 aromatic carbocycles. The average Bonchev–Trinajstić information content (AvgIpc) is 3.56. The van der Waals surface area contributed by atoms with Crippen LogP contribution in [0.2, 0.25) is 0 Å². The van der Waals surface area contributed by atoms with Crippen molar-refractivity contribution in [2.24, 2.45) is 4.99 Å². The van der Waals surface area contributed by atoms with E-state index in [-0.39, 0.29) is 12.8 Å². The van der Waals surface area contributed by atoms with Gasteiger partial charge >= 0.3 is 11.9 Å². The van der Waals surface area contributed by atoms with Crippen molar-refractivity contribution in [1.29, 1.82) is 0 Å². The second-order valence-electron chi connectivity index (χ2n) is 8.63. The average molecular weight is 457 g/mol. The number of aromatic amines is 3. The second-order valence-corrected chi connectivity index (χ2v) is 8.63. The van der Waals surface area contributed by atoms with Crippen LogP contribution in [0.3, 0.4) is 0 Å². The van der Waals surface area contributed by atoms with Gasteiger partial charge in [0, 0.05) is 45.6 Å². The first-order valence-electron chi connectivity index (χ1n) is 11.1. The smallest absolute Gasteiger partial charge is 0.303 e. The number of fused-ring (bicyclic) bond motifs is 7. The van der Waals surface area contributed by atoms with Gasteiger partial charge in [0.05, 0.1) is 5.71 Å². The largest absolute Gasteiger partial charge is 0.481 e. The van der Waals surface area contributed by atoms with Gasteiger partial charge in [0.25, 0.3) is 0 Å². The fourth-order valence-corrected chi connectivity index (χ4v) is 4.36. The van der Waals surface area contributed by atoms with Crippen molar-refractivity contribution >= 4 is 42.0 Å². The van der Waals surface area contributed by atoms with Crippen LogP contribution in [0.15, 0.2) is 47.5 Å². The maximum atomic E-state index is 11.3. The quantitative estimate of drug-likeness (QED) is 0.370. The predicted octanol–water partition coefficient (Wildman–Crippen LogP) is 0.535. The molecule has 0 fully saturated rings. The lowest BCUT2D eigenvalue weighted by atomic mass is 9.94. The first-order chi connectivity index (χ1) is 16.4. The number of aryl methyl sites for hydroxylation is 1. The number of carboxylic acid groups (broad SMARTS) is 2. The van der Waals surface area contributed by atoms with Gasteiger partial charge in [-0.2, -0.15) is 0 Å². The van der Waals surface area contributed by atoms with Crippen molar-refractivity contribution in [3.63, 3.8) is 0 Å². The predicted molar refractivity (Wildman–Crippen MR) is 129 cm³/mol. The highest BCUT2D eigenvalue weighted by Gasteiger charge is 2.28. The molecule has 8 nitrogen and oxygen atoms in total. The van der Waals surface area contributed by atoms with E-state index in [0.717, 1.165) is 44.1 Å². The number of rotatable bonds is 6. The van der Waals surface area contributed by atoms with Crippen LogP contribution >= 0.6 is 0 Å². The van der Waals surface area contributed by atoms with E-state index >= 15 is 0 Å². The summed E-state index contributed by atoms with van der Waals surface area (Å²) in [5.41, 5.74) is 2.62. The Kier molecular flexibility index (Phi) is 5.41. The first kappa shape index (κ1) is 21.5. The molecule has 3 aromatic rings. The summed E-state index contributed by atoms with van der Waals surface area (Å²) in [6, 6.07) is 9.83. The van der Waals surface area contributed by atoms with Crippen LogP contribution in [0.4, 0.5) is 0 Å². The van der Waals surface area contributed by atoms with Gasteiger partial charge in [-0.3, -0.25) is 14.6 Å². The summed E-state index contributed by atoms with van der Waals surface area (Å²) in [5, 5.41) is 21.9. The molecule has 5 rings (SSSR count). The van der Waals surface area contributed by atoms with E-state index in [1.807, 2.05) is 66.8 Å². The number of aromatic nitrogens is 3. The molecule has 2 aliphatic rings. The molecule has 1 unspecified atom stereocenters. The Hall–Kier alpha value is -4.33. The molecule has 172 valence electrons.